The molecule has 0 aliphatic carbocycles. The molecule has 2 aromatic carbocycles. The lowest BCUT2D eigenvalue weighted by Crippen LogP contribution is -2.23. The van der Waals surface area contributed by atoms with E-state index in [9.17, 15) is 9.36 Å². The number of aryl methyl sites for hydroxylation is 1. The van der Waals surface area contributed by atoms with Gasteiger partial charge in [-0.1, -0.05) is 31.2 Å². The number of rotatable bonds is 8. The average Bonchev–Trinajstić information content (AvgIpc) is 2.70. The zero-order valence-corrected chi connectivity index (χ0v) is 16.9. The number of carbonyl (C=O) groups is 1. The molecule has 0 aromatic heterocycles. The molecule has 0 bridgehead atoms. The third-order valence-electron chi connectivity index (χ3n) is 3.96. The van der Waals surface area contributed by atoms with Gasteiger partial charge in [0.15, 0.2) is 0 Å². The highest BCUT2D eigenvalue weighted by molar-refractivity contribution is 7.66. The van der Waals surface area contributed by atoms with Gasteiger partial charge in [-0.3, -0.25) is 9.88 Å². The number of nitriles is 1. The zero-order chi connectivity index (χ0) is 20.6. The first-order valence-electron chi connectivity index (χ1n) is 8.81. The van der Waals surface area contributed by atoms with E-state index < -0.39 is 19.6 Å². The highest BCUT2D eigenvalue weighted by Gasteiger charge is 2.26. The molecule has 28 heavy (non-hydrogen) atoms. The lowest BCUT2D eigenvalue weighted by atomic mass is 10.2. The van der Waals surface area contributed by atoms with Crippen molar-refractivity contribution in [1.82, 2.24) is 0 Å². The van der Waals surface area contributed by atoms with Gasteiger partial charge in [0.2, 0.25) is 7.37 Å². The Labute approximate surface area is 164 Å². The summed E-state index contributed by atoms with van der Waals surface area (Å²) < 4.78 is 28.8. The second-order valence-electron chi connectivity index (χ2n) is 6.14. The lowest BCUT2D eigenvalue weighted by molar-refractivity contribution is 0.102. The van der Waals surface area contributed by atoms with Crippen molar-refractivity contribution in [2.75, 3.05) is 18.1 Å². The topological polar surface area (TPSA) is 97.7 Å². The van der Waals surface area contributed by atoms with Gasteiger partial charge < -0.3 is 14.0 Å². The van der Waals surface area contributed by atoms with E-state index in [4.69, 9.17) is 19.3 Å². The van der Waals surface area contributed by atoms with E-state index in [0.29, 0.717) is 22.9 Å². The van der Waals surface area contributed by atoms with Gasteiger partial charge in [0.05, 0.1) is 6.10 Å². The van der Waals surface area contributed by atoms with Gasteiger partial charge in [0.25, 0.3) is 6.26 Å². The Bertz CT molecular complexity index is 895. The molecular weight excluding hydrogens is 379 g/mol. The fraction of sp³-hybridized carbons (Fsp3) is 0.300. The first-order chi connectivity index (χ1) is 13.4. The molecule has 1 amide bonds. The Morgan fingerprint density at radius 1 is 1.25 bits per heavy atom. The van der Waals surface area contributed by atoms with Gasteiger partial charge in [-0.15, -0.1) is 5.26 Å². The van der Waals surface area contributed by atoms with E-state index in [1.807, 2.05) is 18.2 Å². The summed E-state index contributed by atoms with van der Waals surface area (Å²) in [6.07, 6.45) is 0.709. The van der Waals surface area contributed by atoms with Crippen LogP contribution >= 0.6 is 7.37 Å². The summed E-state index contributed by atoms with van der Waals surface area (Å²) in [7, 11) is -3.01. The molecule has 8 heteroatoms. The van der Waals surface area contributed by atoms with E-state index >= 15 is 0 Å². The van der Waals surface area contributed by atoms with Crippen molar-refractivity contribution in [3.8, 4) is 12.0 Å². The highest BCUT2D eigenvalue weighted by atomic mass is 31.2. The predicted octanol–water partition coefficient (Wildman–Crippen LogP) is 4.43. The maximum absolute atomic E-state index is 13.0. The number of amides is 1. The van der Waals surface area contributed by atoms with Crippen molar-refractivity contribution in [2.24, 2.45) is 0 Å². The highest BCUT2D eigenvalue weighted by Crippen LogP contribution is 2.46. The first-order valence-corrected chi connectivity index (χ1v) is 10.6. The lowest BCUT2D eigenvalue weighted by Gasteiger charge is -2.22. The van der Waals surface area contributed by atoms with Crippen LogP contribution in [-0.4, -0.2) is 25.0 Å². The van der Waals surface area contributed by atoms with Crippen LogP contribution in [0.5, 0.6) is 5.75 Å². The maximum Gasteiger partial charge on any atom is 0.411 e. The van der Waals surface area contributed by atoms with Crippen molar-refractivity contribution in [1.29, 1.82) is 5.26 Å². The summed E-state index contributed by atoms with van der Waals surface area (Å²) in [4.78, 5) is 12.0. The van der Waals surface area contributed by atoms with Crippen molar-refractivity contribution >= 4 is 24.5 Å². The Morgan fingerprint density at radius 3 is 2.61 bits per heavy atom. The van der Waals surface area contributed by atoms with E-state index in [0.717, 1.165) is 5.56 Å². The molecule has 0 aliphatic heterocycles. The minimum absolute atomic E-state index is 0.0595. The smallest absolute Gasteiger partial charge is 0.411 e. The minimum atomic E-state index is -3.01. The Hall–Kier alpha value is -2.81. The largest absolute Gasteiger partial charge is 0.447 e. The summed E-state index contributed by atoms with van der Waals surface area (Å²) in [5.74, 6) is 0.351. The molecule has 2 aromatic rings. The molecule has 0 fully saturated rings. The quantitative estimate of drug-likeness (QED) is 0.518. The van der Waals surface area contributed by atoms with Crippen LogP contribution in [0.1, 0.15) is 19.4 Å². The van der Waals surface area contributed by atoms with Crippen LogP contribution in [0.2, 0.25) is 0 Å². The van der Waals surface area contributed by atoms with Crippen molar-refractivity contribution in [3.05, 3.63) is 54.1 Å². The maximum atomic E-state index is 13.0. The summed E-state index contributed by atoms with van der Waals surface area (Å²) in [6, 6.07) is 13.9. The van der Waals surface area contributed by atoms with Crippen LogP contribution in [0.15, 0.2) is 48.5 Å². The summed E-state index contributed by atoms with van der Waals surface area (Å²) >= 11 is 0. The molecule has 0 saturated carbocycles. The number of anilines is 1. The van der Waals surface area contributed by atoms with Gasteiger partial charge in [-0.2, -0.15) is 0 Å². The number of hydrogen-bond acceptors (Lipinski definition) is 6. The number of benzene rings is 2. The van der Waals surface area contributed by atoms with Crippen molar-refractivity contribution in [3.63, 3.8) is 0 Å². The fourth-order valence-corrected chi connectivity index (χ4v) is 4.38. The summed E-state index contributed by atoms with van der Waals surface area (Å²) in [6.45, 7) is 5.22. The van der Waals surface area contributed by atoms with Gasteiger partial charge in [-0.05, 0) is 37.6 Å². The molecular formula is C20H23N2O5P. The van der Waals surface area contributed by atoms with Gasteiger partial charge in [0.1, 0.15) is 12.4 Å². The SMILES string of the molecule is CCP(=O)(OC(C)COC(=O)Nc1ccc(C)c(OC#N)c1)c1ccccc1. The number of ether oxygens (including phenoxy) is 2. The van der Waals surface area contributed by atoms with Gasteiger partial charge in [-0.25, -0.2) is 4.79 Å². The Balaban J connectivity index is 1.91. The monoisotopic (exact) mass is 402 g/mol. The summed E-state index contributed by atoms with van der Waals surface area (Å²) in [5.41, 5.74) is 1.19. The molecule has 0 saturated heterocycles. The Kier molecular flexibility index (Phi) is 7.62. The van der Waals surface area contributed by atoms with Crippen LogP contribution < -0.4 is 15.4 Å². The first kappa shape index (κ1) is 21.5. The van der Waals surface area contributed by atoms with E-state index in [2.05, 4.69) is 5.32 Å². The van der Waals surface area contributed by atoms with Crippen LogP contribution in [0.4, 0.5) is 10.5 Å². The van der Waals surface area contributed by atoms with Crippen LogP contribution in [0.25, 0.3) is 0 Å². The molecule has 7 nitrogen and oxygen atoms in total. The van der Waals surface area contributed by atoms with E-state index in [1.165, 1.54) is 6.07 Å². The third-order valence-corrected chi connectivity index (χ3v) is 6.57. The van der Waals surface area contributed by atoms with E-state index in [1.54, 1.807) is 51.3 Å². The number of nitrogens with zero attached hydrogens (tertiary/aromatic N) is 1. The number of hydrogen-bond donors (Lipinski definition) is 1. The normalized spacial score (nSPS) is 13.6. The minimum Gasteiger partial charge on any atom is -0.447 e. The molecule has 0 spiro atoms. The van der Waals surface area contributed by atoms with Crippen molar-refractivity contribution < 1.29 is 23.4 Å². The second-order valence-corrected chi connectivity index (χ2v) is 8.84. The molecule has 148 valence electrons. The molecule has 2 unspecified atom stereocenters. The number of nitrogens with one attached hydrogen (secondary N) is 1. The van der Waals surface area contributed by atoms with Gasteiger partial charge in [0, 0.05) is 23.2 Å². The standard InChI is InChI=1S/C20H23N2O5P/c1-4-28(24,18-8-6-5-7-9-18)27-16(3)13-25-20(23)22-17-11-10-15(2)19(12-17)26-14-21/h5-12,16H,4,13H2,1-3H3,(H,22,23). The zero-order valence-electron chi connectivity index (χ0n) is 16.0. The average molecular weight is 402 g/mol. The van der Waals surface area contributed by atoms with Crippen LogP contribution in [-0.2, 0) is 13.8 Å². The van der Waals surface area contributed by atoms with Crippen LogP contribution in [0.3, 0.4) is 0 Å². The molecule has 0 heterocycles. The Morgan fingerprint density at radius 2 is 1.96 bits per heavy atom. The molecule has 1 N–H and O–H groups in total. The predicted molar refractivity (Wildman–Crippen MR) is 107 cm³/mol. The fourth-order valence-electron chi connectivity index (χ4n) is 2.48. The van der Waals surface area contributed by atoms with Crippen molar-refractivity contribution in [2.45, 2.75) is 26.9 Å². The van der Waals surface area contributed by atoms with Crippen LogP contribution in [0, 0.1) is 18.4 Å². The molecule has 0 radical (unpaired) electrons. The third kappa shape index (κ3) is 5.85. The molecule has 2 rings (SSSR count). The van der Waals surface area contributed by atoms with E-state index in [-0.39, 0.29) is 6.61 Å². The molecule has 0 aliphatic rings. The number of carbonyl (C=O) groups excluding carboxylic acids is 1. The van der Waals surface area contributed by atoms with Gasteiger partial charge >= 0.3 is 6.09 Å². The summed E-state index contributed by atoms with van der Waals surface area (Å²) in [5, 5.41) is 11.8. The second kappa shape index (κ2) is 9.93. The molecule has 2 atom stereocenters.